The van der Waals surface area contributed by atoms with E-state index in [1.54, 1.807) is 0 Å². The number of aliphatic imine (C=N–C) groups is 1. The first-order chi connectivity index (χ1) is 12.4. The Kier molecular flexibility index (Phi) is 10.4. The summed E-state index contributed by atoms with van der Waals surface area (Å²) in [7, 11) is 1.47. The summed E-state index contributed by atoms with van der Waals surface area (Å²) in [6, 6.07) is 0. The molecule has 2 fully saturated rings. The fourth-order valence-electron chi connectivity index (χ4n) is 4.11. The summed E-state index contributed by atoms with van der Waals surface area (Å²) < 4.78 is 11.0. The van der Waals surface area contributed by atoms with Gasteiger partial charge < -0.3 is 19.7 Å². The van der Waals surface area contributed by atoms with Gasteiger partial charge in [-0.05, 0) is 38.0 Å². The predicted molar refractivity (Wildman–Crippen MR) is 120 cm³/mol. The molecule has 0 aromatic rings. The highest BCUT2D eigenvalue weighted by Crippen LogP contribution is 2.34. The quantitative estimate of drug-likeness (QED) is 0.281. The van der Waals surface area contributed by atoms with Crippen LogP contribution in [0.3, 0.4) is 0 Å². The molecule has 2 unspecified atom stereocenters. The van der Waals surface area contributed by atoms with E-state index in [-0.39, 0.29) is 47.4 Å². The lowest BCUT2D eigenvalue weighted by Crippen LogP contribution is -2.47. The molecule has 2 aliphatic rings. The van der Waals surface area contributed by atoms with Gasteiger partial charge in [0.15, 0.2) is 5.96 Å². The number of rotatable bonds is 4. The summed E-state index contributed by atoms with van der Waals surface area (Å²) >= 11 is 0. The lowest BCUT2D eigenvalue weighted by molar-refractivity contribution is -0.146. The van der Waals surface area contributed by atoms with Gasteiger partial charge in [-0.25, -0.2) is 0 Å². The zero-order chi connectivity index (χ0) is 19.2. The highest BCUT2D eigenvalue weighted by atomic mass is 127. The van der Waals surface area contributed by atoms with Crippen molar-refractivity contribution in [2.75, 3.05) is 39.9 Å². The van der Waals surface area contributed by atoms with Crippen molar-refractivity contribution in [3.05, 3.63) is 0 Å². The number of carbonyl (C=O) groups excluding carboxylic acids is 1. The van der Waals surface area contributed by atoms with E-state index in [0.717, 1.165) is 58.0 Å². The number of nitrogens with zero attached hydrogens (tertiary/aromatic N) is 2. The van der Waals surface area contributed by atoms with Crippen LogP contribution in [0.25, 0.3) is 0 Å². The Hall–Kier alpha value is -0.570. The summed E-state index contributed by atoms with van der Waals surface area (Å²) in [5.41, 5.74) is 0.137. The molecule has 158 valence electrons. The number of hydrogen-bond acceptors (Lipinski definition) is 4. The van der Waals surface area contributed by atoms with Crippen LogP contribution in [-0.2, 0) is 14.3 Å². The summed E-state index contributed by atoms with van der Waals surface area (Å²) in [6.45, 7) is 13.0. The molecule has 0 saturated carbocycles. The minimum atomic E-state index is -0.0843. The standard InChI is InChI=1S/C20H37N3O3.HI/c1-6-21-19(23-11-9-15(10-12-23)18(24)25-5)22-14-16-8-7-13-26-17(16)20(2,3)4;/h15-17H,6-14H2,1-5H3,(H,21,22);1H. The van der Waals surface area contributed by atoms with Crippen LogP contribution >= 0.6 is 24.0 Å². The van der Waals surface area contributed by atoms with Crippen LogP contribution in [0.4, 0.5) is 0 Å². The van der Waals surface area contributed by atoms with E-state index in [0.29, 0.717) is 5.92 Å². The first-order valence-corrected chi connectivity index (χ1v) is 10.1. The topological polar surface area (TPSA) is 63.2 Å². The van der Waals surface area contributed by atoms with Crippen molar-refractivity contribution in [3.63, 3.8) is 0 Å². The van der Waals surface area contributed by atoms with E-state index in [1.165, 1.54) is 13.5 Å². The monoisotopic (exact) mass is 495 g/mol. The average molecular weight is 495 g/mol. The van der Waals surface area contributed by atoms with E-state index < -0.39 is 0 Å². The Morgan fingerprint density at radius 2 is 1.93 bits per heavy atom. The molecular formula is C20H38IN3O3. The summed E-state index contributed by atoms with van der Waals surface area (Å²) in [6.07, 6.45) is 4.21. The van der Waals surface area contributed by atoms with Crippen molar-refractivity contribution in [2.24, 2.45) is 22.2 Å². The third-order valence-electron chi connectivity index (χ3n) is 5.44. The smallest absolute Gasteiger partial charge is 0.308 e. The molecule has 0 aromatic carbocycles. The van der Waals surface area contributed by atoms with Crippen molar-refractivity contribution >= 4 is 35.9 Å². The number of nitrogens with one attached hydrogen (secondary N) is 1. The number of carbonyl (C=O) groups is 1. The second-order valence-electron chi connectivity index (χ2n) is 8.54. The van der Waals surface area contributed by atoms with Crippen LogP contribution < -0.4 is 5.32 Å². The number of ether oxygens (including phenoxy) is 2. The molecule has 0 amide bonds. The first-order valence-electron chi connectivity index (χ1n) is 10.1. The number of esters is 1. The van der Waals surface area contributed by atoms with Crippen molar-refractivity contribution in [1.29, 1.82) is 0 Å². The molecule has 0 bridgehead atoms. The molecule has 2 saturated heterocycles. The van der Waals surface area contributed by atoms with Crippen LogP contribution in [-0.4, -0.2) is 62.8 Å². The average Bonchev–Trinajstić information content (AvgIpc) is 2.64. The van der Waals surface area contributed by atoms with E-state index in [9.17, 15) is 4.79 Å². The Labute approximate surface area is 181 Å². The Morgan fingerprint density at radius 1 is 1.26 bits per heavy atom. The summed E-state index contributed by atoms with van der Waals surface area (Å²) in [5.74, 6) is 1.37. The molecule has 0 radical (unpaired) electrons. The molecule has 1 N–H and O–H groups in total. The van der Waals surface area contributed by atoms with Gasteiger partial charge in [0.05, 0.1) is 19.1 Å². The zero-order valence-corrected chi connectivity index (χ0v) is 20.0. The molecule has 0 spiro atoms. The Bertz CT molecular complexity index is 485. The molecule has 7 heteroatoms. The van der Waals surface area contributed by atoms with E-state index >= 15 is 0 Å². The largest absolute Gasteiger partial charge is 0.469 e. The van der Waals surface area contributed by atoms with Gasteiger partial charge in [-0.2, -0.15) is 0 Å². The van der Waals surface area contributed by atoms with Gasteiger partial charge >= 0.3 is 5.97 Å². The number of guanidine groups is 1. The van der Waals surface area contributed by atoms with Crippen LogP contribution in [0.1, 0.15) is 53.4 Å². The van der Waals surface area contributed by atoms with Crippen molar-refractivity contribution in [3.8, 4) is 0 Å². The van der Waals surface area contributed by atoms with E-state index in [4.69, 9.17) is 14.5 Å². The van der Waals surface area contributed by atoms with Gasteiger partial charge in [-0.3, -0.25) is 9.79 Å². The van der Waals surface area contributed by atoms with Crippen molar-refractivity contribution in [1.82, 2.24) is 10.2 Å². The number of piperidine rings is 1. The fraction of sp³-hybridized carbons (Fsp3) is 0.900. The van der Waals surface area contributed by atoms with Crippen LogP contribution in [0.5, 0.6) is 0 Å². The molecule has 2 aliphatic heterocycles. The van der Waals surface area contributed by atoms with Gasteiger partial charge in [0, 0.05) is 38.7 Å². The minimum absolute atomic E-state index is 0. The van der Waals surface area contributed by atoms with Gasteiger partial charge in [0.2, 0.25) is 0 Å². The van der Waals surface area contributed by atoms with E-state index in [1.807, 2.05) is 0 Å². The maximum Gasteiger partial charge on any atom is 0.308 e. The summed E-state index contributed by atoms with van der Waals surface area (Å²) in [4.78, 5) is 19.0. The van der Waals surface area contributed by atoms with Crippen molar-refractivity contribution in [2.45, 2.75) is 59.5 Å². The van der Waals surface area contributed by atoms with Gasteiger partial charge in [-0.1, -0.05) is 20.8 Å². The highest BCUT2D eigenvalue weighted by Gasteiger charge is 2.35. The SMILES string of the molecule is CCNC(=NCC1CCCOC1C(C)(C)C)N1CCC(C(=O)OC)CC1.I. The Morgan fingerprint density at radius 3 is 2.48 bits per heavy atom. The molecule has 27 heavy (non-hydrogen) atoms. The first kappa shape index (κ1) is 24.5. The summed E-state index contributed by atoms with van der Waals surface area (Å²) in [5, 5.41) is 3.42. The maximum absolute atomic E-state index is 11.7. The van der Waals surface area contributed by atoms with Crippen molar-refractivity contribution < 1.29 is 14.3 Å². The number of likely N-dealkylation sites (tertiary alicyclic amines) is 1. The molecule has 2 heterocycles. The van der Waals surface area contributed by atoms with Gasteiger partial charge in [0.25, 0.3) is 0 Å². The molecule has 2 rings (SSSR count). The third-order valence-corrected chi connectivity index (χ3v) is 5.44. The second-order valence-corrected chi connectivity index (χ2v) is 8.54. The molecule has 6 nitrogen and oxygen atoms in total. The van der Waals surface area contributed by atoms with Crippen LogP contribution in [0.15, 0.2) is 4.99 Å². The highest BCUT2D eigenvalue weighted by molar-refractivity contribution is 14.0. The molecule has 0 aromatic heterocycles. The Balaban J connectivity index is 0.00000364. The van der Waals surface area contributed by atoms with Crippen LogP contribution in [0, 0.1) is 17.3 Å². The minimum Gasteiger partial charge on any atom is -0.469 e. The number of methoxy groups -OCH3 is 1. The number of halogens is 1. The third kappa shape index (κ3) is 7.07. The molecule has 0 aliphatic carbocycles. The fourth-order valence-corrected chi connectivity index (χ4v) is 4.11. The maximum atomic E-state index is 11.7. The van der Waals surface area contributed by atoms with Gasteiger partial charge in [-0.15, -0.1) is 24.0 Å². The second kappa shape index (κ2) is 11.4. The van der Waals surface area contributed by atoms with Gasteiger partial charge in [0.1, 0.15) is 0 Å². The lowest BCUT2D eigenvalue weighted by Gasteiger charge is -2.40. The van der Waals surface area contributed by atoms with E-state index in [2.05, 4.69) is 37.9 Å². The zero-order valence-electron chi connectivity index (χ0n) is 17.6. The van der Waals surface area contributed by atoms with Crippen LogP contribution in [0.2, 0.25) is 0 Å². The molecule has 2 atom stereocenters. The predicted octanol–water partition coefficient (Wildman–Crippen LogP) is 3.30. The lowest BCUT2D eigenvalue weighted by atomic mass is 9.78. The normalized spacial score (nSPS) is 24.9. The number of hydrogen-bond donors (Lipinski definition) is 1. The molecular weight excluding hydrogens is 457 g/mol.